The molecular weight excluding hydrogens is 330 g/mol. The lowest BCUT2D eigenvalue weighted by Gasteiger charge is -2.08. The van der Waals surface area contributed by atoms with Crippen molar-refractivity contribution in [3.63, 3.8) is 0 Å². The molecule has 25 heavy (non-hydrogen) atoms. The van der Waals surface area contributed by atoms with Gasteiger partial charge in [0.25, 0.3) is 5.91 Å². The van der Waals surface area contributed by atoms with Crippen molar-refractivity contribution in [3.8, 4) is 0 Å². The lowest BCUT2D eigenvalue weighted by molar-refractivity contribution is -0.116. The number of imidazole rings is 1. The van der Waals surface area contributed by atoms with E-state index in [0.717, 1.165) is 23.2 Å². The average Bonchev–Trinajstić information content (AvgIpc) is 2.98. The highest BCUT2D eigenvalue weighted by Gasteiger charge is 2.13. The molecule has 0 radical (unpaired) electrons. The highest BCUT2D eigenvalue weighted by molar-refractivity contribution is 5.95. The Morgan fingerprint density at radius 3 is 2.72 bits per heavy atom. The van der Waals surface area contributed by atoms with Crippen molar-refractivity contribution in [1.29, 1.82) is 0 Å². The molecule has 0 saturated carbocycles. The van der Waals surface area contributed by atoms with Crippen LogP contribution >= 0.6 is 0 Å². The highest BCUT2D eigenvalue weighted by Crippen LogP contribution is 2.10. The van der Waals surface area contributed by atoms with Gasteiger partial charge in [0.15, 0.2) is 0 Å². The number of amides is 2. The number of carbonyl (C=O) groups is 2. The Labute approximate surface area is 141 Å². The molecule has 3 aromatic rings. The number of nitrogens with one attached hydrogen (secondary N) is 2. The third-order valence-electron chi connectivity index (χ3n) is 3.51. The number of benzene rings is 2. The van der Waals surface area contributed by atoms with Gasteiger partial charge in [0, 0.05) is 19.0 Å². The summed E-state index contributed by atoms with van der Waals surface area (Å²) in [5, 5.41) is 2.42. The molecule has 1 aromatic heterocycles. The van der Waals surface area contributed by atoms with Crippen LogP contribution in [0, 0.1) is 11.6 Å². The summed E-state index contributed by atoms with van der Waals surface area (Å²) >= 11 is 0. The van der Waals surface area contributed by atoms with Crippen molar-refractivity contribution in [3.05, 3.63) is 66.0 Å². The quantitative estimate of drug-likeness (QED) is 0.745. The maximum absolute atomic E-state index is 13.5. The predicted molar refractivity (Wildman–Crippen MR) is 87.4 cm³/mol. The second-order valence-electron chi connectivity index (χ2n) is 5.27. The van der Waals surface area contributed by atoms with Crippen LogP contribution < -0.4 is 10.7 Å². The molecular formula is C17H14F2N4O2. The van der Waals surface area contributed by atoms with Gasteiger partial charge in [-0.05, 0) is 24.3 Å². The fraction of sp³-hybridized carbons (Fsp3) is 0.118. The maximum atomic E-state index is 13.5. The molecule has 1 heterocycles. The molecule has 0 aliphatic rings. The number of hydrogen-bond donors (Lipinski definition) is 2. The topological polar surface area (TPSA) is 76.0 Å². The van der Waals surface area contributed by atoms with E-state index in [2.05, 4.69) is 15.7 Å². The van der Waals surface area contributed by atoms with E-state index in [0.29, 0.717) is 6.07 Å². The van der Waals surface area contributed by atoms with Crippen LogP contribution in [0.5, 0.6) is 0 Å². The van der Waals surface area contributed by atoms with Crippen molar-refractivity contribution in [1.82, 2.24) is 15.0 Å². The van der Waals surface area contributed by atoms with E-state index >= 15 is 0 Å². The van der Waals surface area contributed by atoms with Gasteiger partial charge in [-0.15, -0.1) is 0 Å². The van der Waals surface area contributed by atoms with Crippen LogP contribution in [0.2, 0.25) is 0 Å². The maximum Gasteiger partial charge on any atom is 0.254 e. The molecule has 0 unspecified atom stereocenters. The number of halogens is 2. The van der Waals surface area contributed by atoms with Gasteiger partial charge >= 0.3 is 0 Å². The summed E-state index contributed by atoms with van der Waals surface area (Å²) in [7, 11) is 0. The smallest absolute Gasteiger partial charge is 0.254 e. The van der Waals surface area contributed by atoms with E-state index in [9.17, 15) is 18.4 Å². The summed E-state index contributed by atoms with van der Waals surface area (Å²) in [4.78, 5) is 27.9. The van der Waals surface area contributed by atoms with Gasteiger partial charge in [-0.1, -0.05) is 12.1 Å². The first-order valence-corrected chi connectivity index (χ1v) is 7.50. The predicted octanol–water partition coefficient (Wildman–Crippen LogP) is 2.20. The second-order valence-corrected chi connectivity index (χ2v) is 5.27. The zero-order valence-electron chi connectivity index (χ0n) is 13.0. The van der Waals surface area contributed by atoms with E-state index in [1.165, 1.54) is 11.0 Å². The summed E-state index contributed by atoms with van der Waals surface area (Å²) < 4.78 is 27.8. The standard InChI is InChI=1S/C17H14F2N4O2/c18-11-5-6-12(13(19)9-11)17(25)20-8-7-16(24)22-23-10-21-14-3-1-2-4-15(14)23/h1-6,9-10H,7-8H2,(H,20,25)(H,22,24). The summed E-state index contributed by atoms with van der Waals surface area (Å²) in [6, 6.07) is 9.96. The van der Waals surface area contributed by atoms with Gasteiger partial charge < -0.3 is 5.32 Å². The summed E-state index contributed by atoms with van der Waals surface area (Å²) in [6.07, 6.45) is 1.47. The molecule has 2 N–H and O–H groups in total. The van der Waals surface area contributed by atoms with Crippen molar-refractivity contribution >= 4 is 22.8 Å². The Kier molecular flexibility index (Phi) is 4.69. The lowest BCUT2D eigenvalue weighted by atomic mass is 10.2. The number of fused-ring (bicyclic) bond motifs is 1. The molecule has 0 spiro atoms. The molecule has 2 amide bonds. The molecule has 6 nitrogen and oxygen atoms in total. The fourth-order valence-corrected chi connectivity index (χ4v) is 2.30. The highest BCUT2D eigenvalue weighted by atomic mass is 19.1. The second kappa shape index (κ2) is 7.08. The van der Waals surface area contributed by atoms with E-state index in [-0.39, 0.29) is 24.4 Å². The van der Waals surface area contributed by atoms with Crippen molar-refractivity contribution < 1.29 is 18.4 Å². The zero-order chi connectivity index (χ0) is 17.8. The van der Waals surface area contributed by atoms with Gasteiger partial charge in [-0.2, -0.15) is 0 Å². The zero-order valence-corrected chi connectivity index (χ0v) is 13.0. The molecule has 0 atom stereocenters. The lowest BCUT2D eigenvalue weighted by Crippen LogP contribution is -2.30. The Morgan fingerprint density at radius 2 is 1.92 bits per heavy atom. The number of nitrogens with zero attached hydrogens (tertiary/aromatic N) is 2. The molecule has 0 bridgehead atoms. The first kappa shape index (κ1) is 16.6. The van der Waals surface area contributed by atoms with E-state index in [4.69, 9.17) is 0 Å². The SMILES string of the molecule is O=C(CCNC(=O)c1ccc(F)cc1F)Nn1cnc2ccccc21. The minimum absolute atomic E-state index is 0.00805. The average molecular weight is 344 g/mol. The van der Waals surface area contributed by atoms with Gasteiger partial charge in [0.2, 0.25) is 5.91 Å². The van der Waals surface area contributed by atoms with E-state index < -0.39 is 17.5 Å². The molecule has 0 aliphatic carbocycles. The molecule has 0 aliphatic heterocycles. The van der Waals surface area contributed by atoms with Crippen molar-refractivity contribution in [2.45, 2.75) is 6.42 Å². The van der Waals surface area contributed by atoms with Crippen LogP contribution in [0.4, 0.5) is 8.78 Å². The largest absolute Gasteiger partial charge is 0.351 e. The van der Waals surface area contributed by atoms with Gasteiger partial charge in [-0.25, -0.2) is 18.4 Å². The third-order valence-corrected chi connectivity index (χ3v) is 3.51. The Bertz CT molecular complexity index is 939. The molecule has 0 fully saturated rings. The van der Waals surface area contributed by atoms with Crippen molar-refractivity contribution in [2.75, 3.05) is 12.0 Å². The summed E-state index contributed by atoms with van der Waals surface area (Å²) in [6.45, 7) is 0.00805. The molecule has 0 saturated heterocycles. The summed E-state index contributed by atoms with van der Waals surface area (Å²) in [5.41, 5.74) is 3.84. The molecule has 128 valence electrons. The minimum atomic E-state index is -0.952. The first-order valence-electron chi connectivity index (χ1n) is 7.50. The van der Waals surface area contributed by atoms with E-state index in [1.54, 1.807) is 0 Å². The van der Waals surface area contributed by atoms with Gasteiger partial charge in [-0.3, -0.25) is 15.0 Å². The van der Waals surface area contributed by atoms with Crippen LogP contribution in [0.15, 0.2) is 48.8 Å². The van der Waals surface area contributed by atoms with Crippen LogP contribution in [0.1, 0.15) is 16.8 Å². The number of rotatable bonds is 5. The van der Waals surface area contributed by atoms with Gasteiger partial charge in [0.05, 0.1) is 16.6 Å². The Hall–Kier alpha value is -3.29. The normalized spacial score (nSPS) is 10.6. The first-order chi connectivity index (χ1) is 12.0. The number of carbonyl (C=O) groups excluding carboxylic acids is 2. The Balaban J connectivity index is 1.53. The number of aromatic nitrogens is 2. The van der Waals surface area contributed by atoms with Crippen LogP contribution in [0.25, 0.3) is 11.0 Å². The minimum Gasteiger partial charge on any atom is -0.351 e. The monoisotopic (exact) mass is 344 g/mol. The van der Waals surface area contributed by atoms with Crippen molar-refractivity contribution in [2.24, 2.45) is 0 Å². The van der Waals surface area contributed by atoms with Crippen LogP contribution in [-0.2, 0) is 4.79 Å². The number of hydrogen-bond acceptors (Lipinski definition) is 3. The molecule has 3 rings (SSSR count). The fourth-order valence-electron chi connectivity index (χ4n) is 2.30. The third kappa shape index (κ3) is 3.79. The molecule has 2 aromatic carbocycles. The molecule has 8 heteroatoms. The van der Waals surface area contributed by atoms with Crippen LogP contribution in [-0.4, -0.2) is 28.0 Å². The van der Waals surface area contributed by atoms with Gasteiger partial charge in [0.1, 0.15) is 18.0 Å². The van der Waals surface area contributed by atoms with E-state index in [1.807, 2.05) is 24.3 Å². The summed E-state index contributed by atoms with van der Waals surface area (Å²) in [5.74, 6) is -2.77. The number of para-hydroxylation sites is 2. The van der Waals surface area contributed by atoms with Crippen LogP contribution in [0.3, 0.4) is 0 Å². The Morgan fingerprint density at radius 1 is 1.12 bits per heavy atom.